The van der Waals surface area contributed by atoms with Crippen LogP contribution in [-0.2, 0) is 11.3 Å². The largest absolute Gasteiger partial charge is 0.478 e. The van der Waals surface area contributed by atoms with E-state index in [9.17, 15) is 19.5 Å². The van der Waals surface area contributed by atoms with Crippen LogP contribution in [-0.4, -0.2) is 36.7 Å². The Bertz CT molecular complexity index is 1290. The molecule has 3 heterocycles. The van der Waals surface area contributed by atoms with Crippen molar-refractivity contribution in [3.8, 4) is 11.4 Å². The molecule has 0 saturated heterocycles. The maximum atomic E-state index is 13.2. The van der Waals surface area contributed by atoms with Crippen molar-refractivity contribution in [2.24, 2.45) is 0 Å². The smallest absolute Gasteiger partial charge is 0.337 e. The molecule has 9 nitrogen and oxygen atoms in total. The Kier molecular flexibility index (Phi) is 4.91. The first-order chi connectivity index (χ1) is 13.9. The number of nitrogens with one attached hydrogen (secondary N) is 1. The second-order valence-electron chi connectivity index (χ2n) is 6.00. The van der Waals surface area contributed by atoms with Gasteiger partial charge in [0.15, 0.2) is 0 Å². The molecule has 0 aliphatic rings. The van der Waals surface area contributed by atoms with E-state index in [2.05, 4.69) is 20.5 Å². The van der Waals surface area contributed by atoms with Crippen molar-refractivity contribution in [3.05, 3.63) is 56.6 Å². The molecule has 4 rings (SSSR count). The third kappa shape index (κ3) is 3.65. The minimum Gasteiger partial charge on any atom is -0.478 e. The molecule has 146 valence electrons. The summed E-state index contributed by atoms with van der Waals surface area (Å²) in [7, 11) is 0. The number of anilines is 1. The zero-order valence-corrected chi connectivity index (χ0v) is 16.6. The number of aryl methyl sites for hydroxylation is 1. The Balaban J connectivity index is 1.84. The minimum absolute atomic E-state index is 0.0123. The van der Waals surface area contributed by atoms with Crippen LogP contribution in [0.4, 0.5) is 5.13 Å². The summed E-state index contributed by atoms with van der Waals surface area (Å²) in [6.45, 7) is 1.41. The van der Waals surface area contributed by atoms with E-state index in [1.807, 2.05) is 6.07 Å². The zero-order valence-electron chi connectivity index (χ0n) is 14.9. The summed E-state index contributed by atoms with van der Waals surface area (Å²) in [5, 5.41) is 22.0. The average Bonchev–Trinajstić information content (AvgIpc) is 3.30. The lowest BCUT2D eigenvalue weighted by Gasteiger charge is -2.12. The van der Waals surface area contributed by atoms with Gasteiger partial charge in [-0.1, -0.05) is 41.7 Å². The van der Waals surface area contributed by atoms with E-state index in [1.54, 1.807) is 31.2 Å². The third-order valence-corrected chi connectivity index (χ3v) is 5.66. The number of thiophene rings is 1. The third-order valence-electron chi connectivity index (χ3n) is 4.03. The van der Waals surface area contributed by atoms with Gasteiger partial charge < -0.3 is 5.11 Å². The van der Waals surface area contributed by atoms with E-state index in [-0.39, 0.29) is 23.3 Å². The highest BCUT2D eigenvalue weighted by Crippen LogP contribution is 2.25. The van der Waals surface area contributed by atoms with E-state index >= 15 is 0 Å². The second kappa shape index (κ2) is 7.53. The Labute approximate surface area is 171 Å². The van der Waals surface area contributed by atoms with Gasteiger partial charge in [0.2, 0.25) is 11.0 Å². The first-order valence-electron chi connectivity index (χ1n) is 8.34. The lowest BCUT2D eigenvalue weighted by atomic mass is 10.2. The molecule has 29 heavy (non-hydrogen) atoms. The SMILES string of the molecule is Cc1nnc(NC(=O)Cn2c(-c3ccccc3)nc3scc(C(=O)O)c3c2=O)s1. The molecule has 0 aliphatic carbocycles. The monoisotopic (exact) mass is 427 g/mol. The normalized spacial score (nSPS) is 10.9. The van der Waals surface area contributed by atoms with Crippen molar-refractivity contribution in [2.45, 2.75) is 13.5 Å². The van der Waals surface area contributed by atoms with Crippen LogP contribution in [0, 0.1) is 6.92 Å². The van der Waals surface area contributed by atoms with E-state index in [1.165, 1.54) is 21.3 Å². The van der Waals surface area contributed by atoms with Gasteiger partial charge in [0.1, 0.15) is 22.2 Å². The van der Waals surface area contributed by atoms with E-state index in [0.29, 0.717) is 20.5 Å². The first kappa shape index (κ1) is 18.9. The van der Waals surface area contributed by atoms with Gasteiger partial charge in [-0.25, -0.2) is 9.78 Å². The van der Waals surface area contributed by atoms with Gasteiger partial charge in [-0.2, -0.15) is 0 Å². The molecule has 0 spiro atoms. The summed E-state index contributed by atoms with van der Waals surface area (Å²) in [4.78, 5) is 42.0. The van der Waals surface area contributed by atoms with Gasteiger partial charge in [-0.05, 0) is 6.92 Å². The number of amides is 1. The van der Waals surface area contributed by atoms with Crippen molar-refractivity contribution < 1.29 is 14.7 Å². The van der Waals surface area contributed by atoms with E-state index in [4.69, 9.17) is 0 Å². The van der Waals surface area contributed by atoms with Gasteiger partial charge in [0.05, 0.1) is 10.9 Å². The standard InChI is InChI=1S/C18H13N5O4S2/c1-9-21-22-18(29-9)19-12(24)7-23-14(10-5-3-2-4-6-10)20-15-13(16(23)25)11(8-28-15)17(26)27/h2-6,8H,7H2,1H3,(H,26,27)(H,19,22,24). The van der Waals surface area contributed by atoms with Gasteiger partial charge in [0, 0.05) is 10.9 Å². The molecular weight excluding hydrogens is 414 g/mol. The molecule has 4 aromatic rings. The lowest BCUT2D eigenvalue weighted by Crippen LogP contribution is -2.30. The number of aromatic nitrogens is 4. The topological polar surface area (TPSA) is 127 Å². The number of rotatable bonds is 5. The summed E-state index contributed by atoms with van der Waals surface area (Å²) >= 11 is 2.28. The van der Waals surface area contributed by atoms with E-state index in [0.717, 1.165) is 11.3 Å². The number of nitrogens with zero attached hydrogens (tertiary/aromatic N) is 4. The van der Waals surface area contributed by atoms with Gasteiger partial charge in [-0.3, -0.25) is 19.5 Å². The maximum Gasteiger partial charge on any atom is 0.337 e. The molecule has 3 aromatic heterocycles. The molecule has 0 aliphatic heterocycles. The highest BCUT2D eigenvalue weighted by Gasteiger charge is 2.21. The van der Waals surface area contributed by atoms with Crippen LogP contribution in [0.3, 0.4) is 0 Å². The fraction of sp³-hybridized carbons (Fsp3) is 0.111. The number of hydrogen-bond donors (Lipinski definition) is 2. The molecule has 0 saturated carbocycles. The summed E-state index contributed by atoms with van der Waals surface area (Å²) in [6.07, 6.45) is 0. The number of hydrogen-bond acceptors (Lipinski definition) is 8. The molecule has 2 N–H and O–H groups in total. The molecule has 0 fully saturated rings. The predicted molar refractivity (Wildman–Crippen MR) is 110 cm³/mol. The molecule has 0 atom stereocenters. The van der Waals surface area contributed by atoms with Crippen LogP contribution in [0.15, 0.2) is 40.5 Å². The Morgan fingerprint density at radius 2 is 1.97 bits per heavy atom. The molecule has 1 amide bonds. The first-order valence-corrected chi connectivity index (χ1v) is 10.0. The van der Waals surface area contributed by atoms with E-state index < -0.39 is 17.4 Å². The van der Waals surface area contributed by atoms with Gasteiger partial charge >= 0.3 is 5.97 Å². The molecular formula is C18H13N5O4S2. The Morgan fingerprint density at radius 3 is 2.62 bits per heavy atom. The minimum atomic E-state index is -1.22. The number of fused-ring (bicyclic) bond motifs is 1. The van der Waals surface area contributed by atoms with Crippen LogP contribution in [0.1, 0.15) is 15.4 Å². The predicted octanol–water partition coefficient (Wildman–Crippen LogP) is 2.62. The van der Waals surface area contributed by atoms with Gasteiger partial charge in [0.25, 0.3) is 5.56 Å². The number of carboxylic acid groups (broad SMARTS) is 1. The van der Waals surface area contributed by atoms with Crippen LogP contribution in [0.2, 0.25) is 0 Å². The molecule has 1 aromatic carbocycles. The molecule has 0 unspecified atom stereocenters. The average molecular weight is 427 g/mol. The van der Waals surface area contributed by atoms with Crippen molar-refractivity contribution in [1.82, 2.24) is 19.7 Å². The molecule has 0 radical (unpaired) electrons. The summed E-state index contributed by atoms with van der Waals surface area (Å²) < 4.78 is 1.18. The van der Waals surface area contributed by atoms with Crippen molar-refractivity contribution in [2.75, 3.05) is 5.32 Å². The number of aromatic carboxylic acids is 1. The molecule has 0 bridgehead atoms. The maximum absolute atomic E-state index is 13.2. The zero-order chi connectivity index (χ0) is 20.5. The highest BCUT2D eigenvalue weighted by molar-refractivity contribution is 7.17. The number of carboxylic acids is 1. The van der Waals surface area contributed by atoms with Crippen molar-refractivity contribution in [1.29, 1.82) is 0 Å². The van der Waals surface area contributed by atoms with Crippen LogP contribution in [0.5, 0.6) is 0 Å². The molecule has 11 heteroatoms. The fourth-order valence-electron chi connectivity index (χ4n) is 2.79. The Hall–Kier alpha value is -3.44. The van der Waals surface area contributed by atoms with Crippen LogP contribution in [0.25, 0.3) is 21.6 Å². The summed E-state index contributed by atoms with van der Waals surface area (Å²) in [6, 6.07) is 8.93. The highest BCUT2D eigenvalue weighted by atomic mass is 32.1. The quantitative estimate of drug-likeness (QED) is 0.501. The second-order valence-corrected chi connectivity index (χ2v) is 8.04. The van der Waals surface area contributed by atoms with Crippen molar-refractivity contribution >= 4 is 49.9 Å². The lowest BCUT2D eigenvalue weighted by molar-refractivity contribution is -0.116. The number of carbonyl (C=O) groups is 2. The fourth-order valence-corrected chi connectivity index (χ4v) is 4.30. The number of carbonyl (C=O) groups excluding carboxylic acids is 1. The van der Waals surface area contributed by atoms with Crippen LogP contribution < -0.4 is 10.9 Å². The van der Waals surface area contributed by atoms with Crippen LogP contribution >= 0.6 is 22.7 Å². The van der Waals surface area contributed by atoms with Crippen molar-refractivity contribution in [3.63, 3.8) is 0 Å². The number of benzene rings is 1. The summed E-state index contributed by atoms with van der Waals surface area (Å²) in [5.74, 6) is -1.43. The summed E-state index contributed by atoms with van der Waals surface area (Å²) in [5.41, 5.74) is -0.0801. The van der Waals surface area contributed by atoms with Gasteiger partial charge in [-0.15, -0.1) is 21.5 Å². The Morgan fingerprint density at radius 1 is 1.21 bits per heavy atom.